The zero-order valence-corrected chi connectivity index (χ0v) is 15.6. The maximum absolute atomic E-state index is 9.28. The molecule has 0 radical (unpaired) electrons. The summed E-state index contributed by atoms with van der Waals surface area (Å²) < 4.78 is 5.65. The molecule has 0 atom stereocenters. The van der Waals surface area contributed by atoms with E-state index in [4.69, 9.17) is 10.2 Å². The summed E-state index contributed by atoms with van der Waals surface area (Å²) in [6, 6.07) is 16.2. The molecule has 0 bridgehead atoms. The van der Waals surface area contributed by atoms with Gasteiger partial charge in [0.25, 0.3) is 0 Å². The van der Waals surface area contributed by atoms with Gasteiger partial charge in [0.15, 0.2) is 0 Å². The zero-order chi connectivity index (χ0) is 19.3. The Morgan fingerprint density at radius 3 is 2.11 bits per heavy atom. The van der Waals surface area contributed by atoms with Gasteiger partial charge in [0, 0.05) is 11.1 Å². The van der Waals surface area contributed by atoms with Gasteiger partial charge < -0.3 is 20.4 Å². The smallest absolute Gasteiger partial charge is 0.226 e. The topological polar surface area (TPSA) is 92.5 Å². The van der Waals surface area contributed by atoms with Crippen molar-refractivity contribution in [1.29, 1.82) is 0 Å². The second-order valence-electron chi connectivity index (χ2n) is 6.96. The van der Waals surface area contributed by atoms with Crippen LogP contribution in [0.1, 0.15) is 24.5 Å². The molecular weight excluding hydrogens is 340 g/mol. The lowest BCUT2D eigenvalue weighted by molar-refractivity contribution is 0.115. The first kappa shape index (κ1) is 19.3. The number of benzene rings is 2. The summed E-state index contributed by atoms with van der Waals surface area (Å²) in [6.45, 7) is 1.66. The molecule has 4 N–H and O–H groups in total. The minimum Gasteiger partial charge on any atom is -0.444 e. The molecule has 1 heterocycles. The molecule has 5 nitrogen and oxygen atoms in total. The van der Waals surface area contributed by atoms with E-state index in [0.717, 1.165) is 28.8 Å². The van der Waals surface area contributed by atoms with Crippen LogP contribution in [0.3, 0.4) is 0 Å². The Kier molecular flexibility index (Phi) is 6.06. The van der Waals surface area contributed by atoms with Crippen molar-refractivity contribution in [3.05, 3.63) is 65.9 Å². The Morgan fingerprint density at radius 2 is 1.52 bits per heavy atom. The Morgan fingerprint density at radius 1 is 0.926 bits per heavy atom. The molecular formula is C22H26N2O3. The van der Waals surface area contributed by atoms with Crippen LogP contribution in [0.4, 0.5) is 0 Å². The largest absolute Gasteiger partial charge is 0.444 e. The predicted molar refractivity (Wildman–Crippen MR) is 106 cm³/mol. The number of hydrogen-bond donors (Lipinski definition) is 3. The molecule has 0 aliphatic rings. The summed E-state index contributed by atoms with van der Waals surface area (Å²) in [5, 5.41) is 18.6. The van der Waals surface area contributed by atoms with E-state index in [-0.39, 0.29) is 13.2 Å². The molecule has 3 rings (SSSR count). The lowest BCUT2D eigenvalue weighted by Crippen LogP contribution is -2.47. The van der Waals surface area contributed by atoms with Crippen LogP contribution in [0.25, 0.3) is 22.7 Å². The van der Waals surface area contributed by atoms with Crippen LogP contribution in [-0.4, -0.2) is 33.9 Å². The number of aliphatic hydroxyl groups excluding tert-OH is 2. The predicted octanol–water partition coefficient (Wildman–Crippen LogP) is 3.19. The van der Waals surface area contributed by atoms with Crippen molar-refractivity contribution in [3.8, 4) is 22.7 Å². The van der Waals surface area contributed by atoms with E-state index in [9.17, 15) is 10.2 Å². The van der Waals surface area contributed by atoms with Crippen LogP contribution in [0.2, 0.25) is 0 Å². The minimum atomic E-state index is -0.937. The molecule has 2 aromatic carbocycles. The first-order valence-corrected chi connectivity index (χ1v) is 9.21. The van der Waals surface area contributed by atoms with Gasteiger partial charge in [-0.2, -0.15) is 0 Å². The van der Waals surface area contributed by atoms with Gasteiger partial charge in [-0.25, -0.2) is 4.98 Å². The molecule has 0 saturated carbocycles. The van der Waals surface area contributed by atoms with E-state index in [1.54, 1.807) is 6.26 Å². The average molecular weight is 366 g/mol. The Labute approximate surface area is 159 Å². The first-order chi connectivity index (χ1) is 13.1. The lowest BCUT2D eigenvalue weighted by Gasteiger charge is -2.24. The van der Waals surface area contributed by atoms with Crippen molar-refractivity contribution in [2.24, 2.45) is 5.73 Å². The van der Waals surface area contributed by atoms with Gasteiger partial charge >= 0.3 is 0 Å². The summed E-state index contributed by atoms with van der Waals surface area (Å²) in [5.74, 6) is 0.607. The SMILES string of the molecule is CCc1ccc(-c2nc(-c3ccc(CCC(N)(CO)CO)cc3)co2)cc1. The van der Waals surface area contributed by atoms with Gasteiger partial charge in [-0.15, -0.1) is 0 Å². The quantitative estimate of drug-likeness (QED) is 0.569. The highest BCUT2D eigenvalue weighted by Crippen LogP contribution is 2.25. The van der Waals surface area contributed by atoms with E-state index < -0.39 is 5.54 Å². The Hall–Kier alpha value is -2.47. The van der Waals surface area contributed by atoms with Crippen molar-refractivity contribution in [1.82, 2.24) is 4.98 Å². The number of oxazole rings is 1. The van der Waals surface area contributed by atoms with E-state index in [0.29, 0.717) is 18.7 Å². The third kappa shape index (κ3) is 4.63. The van der Waals surface area contributed by atoms with Crippen molar-refractivity contribution in [2.75, 3.05) is 13.2 Å². The normalized spacial score (nSPS) is 11.7. The maximum Gasteiger partial charge on any atom is 0.226 e. The molecule has 0 saturated heterocycles. The van der Waals surface area contributed by atoms with Gasteiger partial charge in [0.1, 0.15) is 12.0 Å². The molecule has 0 aliphatic carbocycles. The van der Waals surface area contributed by atoms with Crippen LogP contribution >= 0.6 is 0 Å². The lowest BCUT2D eigenvalue weighted by atomic mass is 9.93. The third-order valence-electron chi connectivity index (χ3n) is 4.90. The third-order valence-corrected chi connectivity index (χ3v) is 4.90. The number of aliphatic hydroxyl groups is 2. The number of nitrogens with two attached hydrogens (primary N) is 1. The van der Waals surface area contributed by atoms with Crippen LogP contribution in [0.15, 0.2) is 59.2 Å². The second kappa shape index (κ2) is 8.48. The summed E-state index contributed by atoms with van der Waals surface area (Å²) in [6.07, 6.45) is 3.87. The molecule has 0 spiro atoms. The molecule has 1 aromatic heterocycles. The summed E-state index contributed by atoms with van der Waals surface area (Å²) in [7, 11) is 0. The van der Waals surface area contributed by atoms with Gasteiger partial charge in [-0.1, -0.05) is 43.3 Å². The fourth-order valence-corrected chi connectivity index (χ4v) is 2.87. The second-order valence-corrected chi connectivity index (χ2v) is 6.96. The van der Waals surface area contributed by atoms with Crippen LogP contribution < -0.4 is 5.73 Å². The van der Waals surface area contributed by atoms with Crippen molar-refractivity contribution in [2.45, 2.75) is 31.7 Å². The monoisotopic (exact) mass is 366 g/mol. The Bertz CT molecular complexity index is 850. The van der Waals surface area contributed by atoms with Crippen molar-refractivity contribution in [3.63, 3.8) is 0 Å². The molecule has 5 heteroatoms. The highest BCUT2D eigenvalue weighted by Gasteiger charge is 2.22. The summed E-state index contributed by atoms with van der Waals surface area (Å²) >= 11 is 0. The van der Waals surface area contributed by atoms with E-state index >= 15 is 0 Å². The van der Waals surface area contributed by atoms with Crippen LogP contribution in [0.5, 0.6) is 0 Å². The summed E-state index contributed by atoms with van der Waals surface area (Å²) in [4.78, 5) is 4.59. The number of aryl methyl sites for hydroxylation is 2. The van der Waals surface area contributed by atoms with Crippen LogP contribution in [-0.2, 0) is 12.8 Å². The molecule has 3 aromatic rings. The van der Waals surface area contributed by atoms with E-state index in [2.05, 4.69) is 24.0 Å². The van der Waals surface area contributed by atoms with E-state index in [1.165, 1.54) is 5.56 Å². The molecule has 142 valence electrons. The van der Waals surface area contributed by atoms with Gasteiger partial charge in [-0.05, 0) is 42.5 Å². The van der Waals surface area contributed by atoms with Crippen molar-refractivity contribution >= 4 is 0 Å². The van der Waals surface area contributed by atoms with Crippen LogP contribution in [0, 0.1) is 0 Å². The first-order valence-electron chi connectivity index (χ1n) is 9.21. The number of hydrogen-bond acceptors (Lipinski definition) is 5. The molecule has 0 fully saturated rings. The highest BCUT2D eigenvalue weighted by molar-refractivity contribution is 5.63. The number of rotatable bonds is 8. The van der Waals surface area contributed by atoms with Gasteiger partial charge in [-0.3, -0.25) is 0 Å². The fraction of sp³-hybridized carbons (Fsp3) is 0.318. The number of aromatic nitrogens is 1. The van der Waals surface area contributed by atoms with Gasteiger partial charge in [0.2, 0.25) is 5.89 Å². The Balaban J connectivity index is 1.69. The van der Waals surface area contributed by atoms with Gasteiger partial charge in [0.05, 0.1) is 18.8 Å². The van der Waals surface area contributed by atoms with Crippen molar-refractivity contribution < 1.29 is 14.6 Å². The molecule has 0 amide bonds. The fourth-order valence-electron chi connectivity index (χ4n) is 2.87. The minimum absolute atomic E-state index is 0.234. The average Bonchev–Trinajstić information content (AvgIpc) is 3.22. The zero-order valence-electron chi connectivity index (χ0n) is 15.6. The standard InChI is InChI=1S/C22H26N2O3/c1-2-16-3-9-19(10-4-16)21-24-20(13-27-21)18-7-5-17(6-8-18)11-12-22(23,14-25)15-26/h3-10,13,25-26H,2,11-12,14-15,23H2,1H3. The summed E-state index contributed by atoms with van der Waals surface area (Å²) in [5.41, 5.74) is 10.1. The number of nitrogens with zero attached hydrogens (tertiary/aromatic N) is 1. The molecule has 0 aliphatic heterocycles. The molecule has 0 unspecified atom stereocenters. The highest BCUT2D eigenvalue weighted by atomic mass is 16.3. The molecule has 27 heavy (non-hydrogen) atoms. The van der Waals surface area contributed by atoms with E-state index in [1.807, 2.05) is 36.4 Å². The maximum atomic E-state index is 9.28.